The Balaban J connectivity index is 2.04. The summed E-state index contributed by atoms with van der Waals surface area (Å²) < 4.78 is 15.2. The fraction of sp³-hybridized carbons (Fsp3) is 0.0833. The molecule has 0 amide bonds. The molecule has 0 fully saturated rings. The zero-order valence-electron chi connectivity index (χ0n) is 9.03. The molecular weight excluding hydrogens is 285 g/mol. The van der Waals surface area contributed by atoms with Crippen LogP contribution in [0.25, 0.3) is 6.20 Å². The molecule has 0 spiro atoms. The summed E-state index contributed by atoms with van der Waals surface area (Å²) >= 11 is 3.30. The summed E-state index contributed by atoms with van der Waals surface area (Å²) in [5.74, 6) is -0.262. The highest BCUT2D eigenvalue weighted by molar-refractivity contribution is 9.10. The van der Waals surface area contributed by atoms with Gasteiger partial charge in [-0.25, -0.2) is 9.07 Å². The van der Waals surface area contributed by atoms with Crippen molar-refractivity contribution in [3.8, 4) is 0 Å². The molecule has 88 valence electrons. The maximum Gasteiger partial charge on any atom is 0.124 e. The second kappa shape index (κ2) is 5.14. The molecule has 0 atom stereocenters. The lowest BCUT2D eigenvalue weighted by Crippen LogP contribution is -1.99. The number of halogens is 2. The molecule has 0 unspecified atom stereocenters. The normalized spacial score (nSPS) is 10.2. The Labute approximate surface area is 107 Å². The van der Waals surface area contributed by atoms with Crippen LogP contribution in [0.1, 0.15) is 5.56 Å². The molecule has 1 aromatic heterocycles. The number of nitrogens with zero attached hydrogens (tertiary/aromatic N) is 2. The largest absolute Gasteiger partial charge is 0.380 e. The van der Waals surface area contributed by atoms with Crippen molar-refractivity contribution in [1.29, 1.82) is 0 Å². The third-order valence-electron chi connectivity index (χ3n) is 2.26. The van der Waals surface area contributed by atoms with E-state index in [9.17, 15) is 4.39 Å². The molecule has 1 aromatic carbocycles. The lowest BCUT2D eigenvalue weighted by atomic mass is 10.3. The van der Waals surface area contributed by atoms with Crippen molar-refractivity contribution >= 4 is 27.8 Å². The zero-order valence-corrected chi connectivity index (χ0v) is 10.6. The van der Waals surface area contributed by atoms with E-state index >= 15 is 0 Å². The molecule has 1 heterocycles. The lowest BCUT2D eigenvalue weighted by Gasteiger charge is -2.06. The molecule has 0 aliphatic heterocycles. The van der Waals surface area contributed by atoms with Crippen molar-refractivity contribution in [2.45, 2.75) is 6.54 Å². The predicted octanol–water partition coefficient (Wildman–Crippen LogP) is 3.50. The Kier molecular flexibility index (Phi) is 3.58. The molecule has 0 aliphatic carbocycles. The molecule has 0 bridgehead atoms. The Morgan fingerprint density at radius 2 is 2.35 bits per heavy atom. The Bertz CT molecular complexity index is 536. The first kappa shape index (κ1) is 11.9. The molecule has 0 aliphatic rings. The van der Waals surface area contributed by atoms with Gasteiger partial charge in [0.25, 0.3) is 0 Å². The van der Waals surface area contributed by atoms with E-state index in [0.717, 1.165) is 11.3 Å². The minimum atomic E-state index is -0.262. The van der Waals surface area contributed by atoms with E-state index in [2.05, 4.69) is 32.9 Å². The van der Waals surface area contributed by atoms with Crippen molar-refractivity contribution in [3.05, 3.63) is 53.0 Å². The summed E-state index contributed by atoms with van der Waals surface area (Å²) in [5.41, 5.74) is 1.87. The number of benzene rings is 1. The third kappa shape index (κ3) is 2.94. The fourth-order valence-corrected chi connectivity index (χ4v) is 1.89. The first-order chi connectivity index (χ1) is 8.19. The van der Waals surface area contributed by atoms with Crippen LogP contribution in [0.5, 0.6) is 0 Å². The van der Waals surface area contributed by atoms with E-state index in [0.29, 0.717) is 11.0 Å². The van der Waals surface area contributed by atoms with Gasteiger partial charge in [0.05, 0.1) is 6.20 Å². The van der Waals surface area contributed by atoms with Gasteiger partial charge in [-0.3, -0.25) is 0 Å². The topological polar surface area (TPSA) is 29.9 Å². The van der Waals surface area contributed by atoms with Gasteiger partial charge in [0.15, 0.2) is 0 Å². The van der Waals surface area contributed by atoms with Crippen LogP contribution in [0, 0.1) is 5.82 Å². The van der Waals surface area contributed by atoms with E-state index in [-0.39, 0.29) is 5.82 Å². The highest BCUT2D eigenvalue weighted by atomic mass is 79.9. The van der Waals surface area contributed by atoms with Gasteiger partial charge in [0.2, 0.25) is 0 Å². The van der Waals surface area contributed by atoms with E-state index in [1.165, 1.54) is 12.1 Å². The second-order valence-electron chi connectivity index (χ2n) is 3.49. The predicted molar refractivity (Wildman–Crippen MR) is 70.0 cm³/mol. The third-order valence-corrected chi connectivity index (χ3v) is 2.91. The van der Waals surface area contributed by atoms with E-state index in [1.54, 1.807) is 23.1 Å². The van der Waals surface area contributed by atoms with E-state index in [1.807, 2.05) is 6.20 Å². The highest BCUT2D eigenvalue weighted by Gasteiger charge is 2.02. The minimum Gasteiger partial charge on any atom is -0.380 e. The average Bonchev–Trinajstić information content (AvgIpc) is 2.76. The molecule has 0 saturated heterocycles. The number of rotatable bonds is 4. The Morgan fingerprint density at radius 1 is 1.53 bits per heavy atom. The first-order valence-electron chi connectivity index (χ1n) is 5.03. The summed E-state index contributed by atoms with van der Waals surface area (Å²) in [6.45, 7) is 4.24. The van der Waals surface area contributed by atoms with Crippen molar-refractivity contribution in [3.63, 3.8) is 0 Å². The summed E-state index contributed by atoms with van der Waals surface area (Å²) in [4.78, 5) is 0. The van der Waals surface area contributed by atoms with Gasteiger partial charge in [-0.2, -0.15) is 5.10 Å². The molecule has 1 N–H and O–H groups in total. The molecule has 0 saturated carbocycles. The molecular formula is C12H11BrFN3. The van der Waals surface area contributed by atoms with Crippen LogP contribution in [0.2, 0.25) is 0 Å². The van der Waals surface area contributed by atoms with Crippen LogP contribution in [-0.4, -0.2) is 9.78 Å². The summed E-state index contributed by atoms with van der Waals surface area (Å²) in [6, 6.07) is 4.53. The second-order valence-corrected chi connectivity index (χ2v) is 4.34. The summed E-state index contributed by atoms with van der Waals surface area (Å²) in [7, 11) is 0. The maximum atomic E-state index is 12.9. The van der Waals surface area contributed by atoms with Crippen molar-refractivity contribution in [1.82, 2.24) is 9.78 Å². The average molecular weight is 296 g/mol. The van der Waals surface area contributed by atoms with Crippen LogP contribution >= 0.6 is 15.9 Å². The Hall–Kier alpha value is -1.62. The van der Waals surface area contributed by atoms with Crippen molar-refractivity contribution < 1.29 is 4.39 Å². The van der Waals surface area contributed by atoms with Crippen LogP contribution in [0.4, 0.5) is 10.1 Å². The van der Waals surface area contributed by atoms with Gasteiger partial charge in [-0.15, -0.1) is 0 Å². The van der Waals surface area contributed by atoms with Gasteiger partial charge in [0, 0.05) is 34.7 Å². The van der Waals surface area contributed by atoms with Crippen LogP contribution < -0.4 is 5.32 Å². The molecule has 17 heavy (non-hydrogen) atoms. The highest BCUT2D eigenvalue weighted by Crippen LogP contribution is 2.23. The Morgan fingerprint density at radius 3 is 3.00 bits per heavy atom. The standard InChI is InChI=1S/C12H11BrFN3/c1-2-17-8-9(7-16-17)6-15-12-4-3-10(14)5-11(12)13/h2-5,7-8,15H,1,6H2. The first-order valence-corrected chi connectivity index (χ1v) is 5.83. The maximum absolute atomic E-state index is 12.9. The minimum absolute atomic E-state index is 0.262. The molecule has 2 rings (SSSR count). The summed E-state index contributed by atoms with van der Waals surface area (Å²) in [5, 5.41) is 7.26. The molecule has 0 radical (unpaired) electrons. The van der Waals surface area contributed by atoms with E-state index in [4.69, 9.17) is 0 Å². The van der Waals surface area contributed by atoms with Crippen LogP contribution in [0.15, 0.2) is 41.6 Å². The number of hydrogen-bond acceptors (Lipinski definition) is 2. The van der Waals surface area contributed by atoms with Gasteiger partial charge in [-0.1, -0.05) is 6.58 Å². The molecule has 3 nitrogen and oxygen atoms in total. The fourth-order valence-electron chi connectivity index (χ4n) is 1.40. The number of anilines is 1. The summed E-state index contributed by atoms with van der Waals surface area (Å²) in [6.07, 6.45) is 5.25. The van der Waals surface area contributed by atoms with E-state index < -0.39 is 0 Å². The van der Waals surface area contributed by atoms with Gasteiger partial charge < -0.3 is 5.32 Å². The van der Waals surface area contributed by atoms with Gasteiger partial charge in [0.1, 0.15) is 5.82 Å². The van der Waals surface area contributed by atoms with Gasteiger partial charge >= 0.3 is 0 Å². The smallest absolute Gasteiger partial charge is 0.124 e. The van der Waals surface area contributed by atoms with Crippen molar-refractivity contribution in [2.75, 3.05) is 5.32 Å². The SMILES string of the molecule is C=Cn1cc(CNc2ccc(F)cc2Br)cn1. The van der Waals surface area contributed by atoms with Crippen LogP contribution in [-0.2, 0) is 6.54 Å². The van der Waals surface area contributed by atoms with Crippen LogP contribution in [0.3, 0.4) is 0 Å². The number of nitrogens with one attached hydrogen (secondary N) is 1. The quantitative estimate of drug-likeness (QED) is 0.936. The molecule has 2 aromatic rings. The van der Waals surface area contributed by atoms with Gasteiger partial charge in [-0.05, 0) is 34.1 Å². The number of hydrogen-bond donors (Lipinski definition) is 1. The van der Waals surface area contributed by atoms with Crippen molar-refractivity contribution in [2.24, 2.45) is 0 Å². The lowest BCUT2D eigenvalue weighted by molar-refractivity contribution is 0.627. The number of aromatic nitrogens is 2. The monoisotopic (exact) mass is 295 g/mol. The molecule has 5 heteroatoms. The zero-order chi connectivity index (χ0) is 12.3.